The summed E-state index contributed by atoms with van der Waals surface area (Å²) in [4.78, 5) is 14.1. The van der Waals surface area contributed by atoms with Crippen LogP contribution in [0.25, 0.3) is 5.57 Å². The third-order valence-corrected chi connectivity index (χ3v) is 5.70. The van der Waals surface area contributed by atoms with E-state index in [-0.39, 0.29) is 11.0 Å². The molecule has 160 valence electrons. The van der Waals surface area contributed by atoms with Gasteiger partial charge in [0.05, 0.1) is 4.90 Å². The van der Waals surface area contributed by atoms with Crippen molar-refractivity contribution in [3.05, 3.63) is 60.2 Å². The molecule has 0 N–H and O–H groups in total. The number of amides is 1. The minimum atomic E-state index is -3.22. The number of sulfone groups is 1. The normalized spacial score (nSPS) is 14.8. The van der Waals surface area contributed by atoms with Crippen LogP contribution in [0.2, 0.25) is 0 Å². The molecule has 3 rings (SSSR count). The van der Waals surface area contributed by atoms with E-state index in [1.807, 2.05) is 51.1 Å². The van der Waals surface area contributed by atoms with E-state index in [0.717, 1.165) is 12.0 Å². The summed E-state index contributed by atoms with van der Waals surface area (Å²) in [5, 5.41) is 0. The van der Waals surface area contributed by atoms with Gasteiger partial charge in [-0.1, -0.05) is 18.2 Å². The maximum Gasteiger partial charge on any atom is 0.410 e. The van der Waals surface area contributed by atoms with Crippen LogP contribution >= 0.6 is 0 Å². The lowest BCUT2D eigenvalue weighted by molar-refractivity contribution is 0.0270. The van der Waals surface area contributed by atoms with Crippen molar-refractivity contribution >= 4 is 21.5 Å². The molecule has 0 aliphatic carbocycles. The zero-order chi connectivity index (χ0) is 21.9. The fraction of sp³-hybridized carbons (Fsp3) is 0.348. The number of carbonyl (C=O) groups is 1. The lowest BCUT2D eigenvalue weighted by Gasteiger charge is -2.29. The van der Waals surface area contributed by atoms with E-state index in [1.165, 1.54) is 24.0 Å². The Kier molecular flexibility index (Phi) is 6.22. The van der Waals surface area contributed by atoms with Crippen molar-refractivity contribution in [3.8, 4) is 11.5 Å². The molecule has 1 heterocycles. The molecule has 0 atom stereocenters. The highest BCUT2D eigenvalue weighted by Gasteiger charge is 2.23. The van der Waals surface area contributed by atoms with Gasteiger partial charge in [0, 0.05) is 19.3 Å². The Morgan fingerprint density at radius 2 is 1.53 bits per heavy atom. The summed E-state index contributed by atoms with van der Waals surface area (Å²) in [6, 6.07) is 14.1. The Morgan fingerprint density at radius 1 is 0.967 bits per heavy atom. The zero-order valence-corrected chi connectivity index (χ0v) is 18.5. The summed E-state index contributed by atoms with van der Waals surface area (Å²) in [6.45, 7) is 6.72. The fourth-order valence-corrected chi connectivity index (χ4v) is 3.68. The summed E-state index contributed by atoms with van der Waals surface area (Å²) in [5.74, 6) is 1.23. The quantitative estimate of drug-likeness (QED) is 0.691. The van der Waals surface area contributed by atoms with Crippen LogP contribution < -0.4 is 4.74 Å². The molecular formula is C23H27NO5S. The molecule has 2 aromatic carbocycles. The van der Waals surface area contributed by atoms with Crippen LogP contribution in [0.3, 0.4) is 0 Å². The van der Waals surface area contributed by atoms with Gasteiger partial charge in [-0.3, -0.25) is 0 Å². The van der Waals surface area contributed by atoms with Crippen LogP contribution in [-0.4, -0.2) is 44.4 Å². The number of hydrogen-bond acceptors (Lipinski definition) is 5. The van der Waals surface area contributed by atoms with Gasteiger partial charge < -0.3 is 14.4 Å². The zero-order valence-electron chi connectivity index (χ0n) is 17.7. The third-order valence-electron chi connectivity index (χ3n) is 4.57. The van der Waals surface area contributed by atoms with Gasteiger partial charge in [-0.25, -0.2) is 13.2 Å². The SMILES string of the molecule is CC(C)(C)OC(=O)N1CC=C(c2ccc(Oc3ccc(S(C)(=O)=O)cc3)cc2)CC1. The van der Waals surface area contributed by atoms with Gasteiger partial charge in [-0.15, -0.1) is 0 Å². The summed E-state index contributed by atoms with van der Waals surface area (Å²) in [6.07, 6.45) is 3.69. The van der Waals surface area contributed by atoms with Crippen molar-refractivity contribution in [2.75, 3.05) is 19.3 Å². The lowest BCUT2D eigenvalue weighted by Crippen LogP contribution is -2.39. The molecule has 1 aliphatic heterocycles. The highest BCUT2D eigenvalue weighted by Crippen LogP contribution is 2.28. The summed E-state index contributed by atoms with van der Waals surface area (Å²) >= 11 is 0. The largest absolute Gasteiger partial charge is 0.457 e. The minimum absolute atomic E-state index is 0.259. The van der Waals surface area contributed by atoms with Gasteiger partial charge in [0.1, 0.15) is 17.1 Å². The van der Waals surface area contributed by atoms with E-state index in [4.69, 9.17) is 9.47 Å². The second-order valence-corrected chi connectivity index (χ2v) is 10.3. The summed E-state index contributed by atoms with van der Waals surface area (Å²) < 4.78 is 34.3. The average molecular weight is 430 g/mol. The molecule has 0 saturated heterocycles. The molecular weight excluding hydrogens is 402 g/mol. The third kappa shape index (κ3) is 5.86. The average Bonchev–Trinajstić information content (AvgIpc) is 2.67. The van der Waals surface area contributed by atoms with Crippen LogP contribution in [0.5, 0.6) is 11.5 Å². The molecule has 0 aromatic heterocycles. The van der Waals surface area contributed by atoms with Gasteiger partial charge in [0.15, 0.2) is 9.84 Å². The number of hydrogen-bond donors (Lipinski definition) is 0. The van der Waals surface area contributed by atoms with E-state index >= 15 is 0 Å². The highest BCUT2D eigenvalue weighted by atomic mass is 32.2. The first-order valence-electron chi connectivity index (χ1n) is 9.77. The minimum Gasteiger partial charge on any atom is -0.457 e. The van der Waals surface area contributed by atoms with Crippen molar-refractivity contribution < 1.29 is 22.7 Å². The molecule has 2 aromatic rings. The second kappa shape index (κ2) is 8.52. The van der Waals surface area contributed by atoms with E-state index in [2.05, 4.69) is 0 Å². The van der Waals surface area contributed by atoms with Gasteiger partial charge in [0.2, 0.25) is 0 Å². The molecule has 30 heavy (non-hydrogen) atoms. The van der Waals surface area contributed by atoms with Gasteiger partial charge in [0.25, 0.3) is 0 Å². The molecule has 1 aliphatic rings. The molecule has 0 bridgehead atoms. The van der Waals surface area contributed by atoms with E-state index in [1.54, 1.807) is 17.0 Å². The molecule has 0 spiro atoms. The molecule has 0 fully saturated rings. The van der Waals surface area contributed by atoms with Gasteiger partial charge in [-0.2, -0.15) is 0 Å². The van der Waals surface area contributed by atoms with E-state index in [0.29, 0.717) is 24.6 Å². The van der Waals surface area contributed by atoms with Crippen LogP contribution in [0, 0.1) is 0 Å². The molecule has 0 radical (unpaired) electrons. The number of benzene rings is 2. The Bertz CT molecular complexity index is 1030. The van der Waals surface area contributed by atoms with E-state index < -0.39 is 15.4 Å². The highest BCUT2D eigenvalue weighted by molar-refractivity contribution is 7.90. The maximum absolute atomic E-state index is 12.2. The maximum atomic E-state index is 12.2. The Labute approximate surface area is 178 Å². The van der Waals surface area contributed by atoms with Crippen LogP contribution in [0.4, 0.5) is 4.79 Å². The molecule has 7 heteroatoms. The van der Waals surface area contributed by atoms with Crippen molar-refractivity contribution in [2.24, 2.45) is 0 Å². The van der Waals surface area contributed by atoms with Crippen LogP contribution in [0.1, 0.15) is 32.8 Å². The van der Waals surface area contributed by atoms with Crippen molar-refractivity contribution in [1.82, 2.24) is 4.90 Å². The second-order valence-electron chi connectivity index (χ2n) is 8.28. The van der Waals surface area contributed by atoms with Crippen molar-refractivity contribution in [2.45, 2.75) is 37.7 Å². The molecule has 0 saturated carbocycles. The topological polar surface area (TPSA) is 72.9 Å². The monoisotopic (exact) mass is 429 g/mol. The first-order valence-corrected chi connectivity index (χ1v) is 11.7. The fourth-order valence-electron chi connectivity index (χ4n) is 3.05. The van der Waals surface area contributed by atoms with Gasteiger partial charge in [-0.05, 0) is 74.7 Å². The number of ether oxygens (including phenoxy) is 2. The molecule has 0 unspecified atom stereocenters. The smallest absolute Gasteiger partial charge is 0.410 e. The predicted octanol–water partition coefficient (Wildman–Crippen LogP) is 4.91. The standard InChI is InChI=1S/C23H27NO5S/c1-23(2,3)29-22(25)24-15-13-18(14-16-24)17-5-7-19(8-6-17)28-20-9-11-21(12-10-20)30(4,26)27/h5-13H,14-16H2,1-4H3. The first kappa shape index (κ1) is 21.9. The first-order chi connectivity index (χ1) is 14.0. The van der Waals surface area contributed by atoms with Crippen molar-refractivity contribution in [1.29, 1.82) is 0 Å². The Morgan fingerprint density at radius 3 is 2.00 bits per heavy atom. The predicted molar refractivity (Wildman–Crippen MR) is 116 cm³/mol. The molecule has 6 nitrogen and oxygen atoms in total. The van der Waals surface area contributed by atoms with Crippen LogP contribution in [-0.2, 0) is 14.6 Å². The van der Waals surface area contributed by atoms with Crippen LogP contribution in [0.15, 0.2) is 59.5 Å². The van der Waals surface area contributed by atoms with E-state index in [9.17, 15) is 13.2 Å². The Balaban J connectivity index is 1.61. The van der Waals surface area contributed by atoms with Crippen molar-refractivity contribution in [3.63, 3.8) is 0 Å². The number of carbonyl (C=O) groups excluding carboxylic acids is 1. The number of nitrogens with zero attached hydrogens (tertiary/aromatic N) is 1. The summed E-state index contributed by atoms with van der Waals surface area (Å²) in [7, 11) is -3.22. The number of rotatable bonds is 4. The Hall–Kier alpha value is -2.80. The lowest BCUT2D eigenvalue weighted by atomic mass is 9.99. The van der Waals surface area contributed by atoms with Gasteiger partial charge >= 0.3 is 6.09 Å². The summed E-state index contributed by atoms with van der Waals surface area (Å²) in [5.41, 5.74) is 1.76. The molecule has 1 amide bonds.